The maximum absolute atomic E-state index is 5.90. The maximum atomic E-state index is 5.90. The van der Waals surface area contributed by atoms with Crippen molar-refractivity contribution in [2.45, 2.75) is 0 Å². The molecule has 2 N–H and O–H groups in total. The molecule has 0 saturated carbocycles. The van der Waals surface area contributed by atoms with Crippen LogP contribution in [-0.4, -0.2) is 9.97 Å². The van der Waals surface area contributed by atoms with Crippen molar-refractivity contribution in [2.75, 3.05) is 0 Å². The summed E-state index contributed by atoms with van der Waals surface area (Å²) in [7, 11) is 0. The normalized spacial score (nSPS) is 10.1. The summed E-state index contributed by atoms with van der Waals surface area (Å²) in [5.74, 6) is 1.14. The van der Waals surface area contributed by atoms with Gasteiger partial charge in [0.05, 0.1) is 11.8 Å². The van der Waals surface area contributed by atoms with E-state index in [1.807, 2.05) is 0 Å². The van der Waals surface area contributed by atoms with Crippen molar-refractivity contribution in [1.29, 1.82) is 0 Å². The molecule has 0 amide bonds. The third-order valence-corrected chi connectivity index (χ3v) is 3.00. The van der Waals surface area contributed by atoms with Crippen molar-refractivity contribution in [3.63, 3.8) is 0 Å². The number of halogens is 2. The molecule has 92 valence electrons. The molecule has 0 aliphatic rings. The summed E-state index contributed by atoms with van der Waals surface area (Å²) in [6.07, 6.45) is 3.27. The quantitative estimate of drug-likeness (QED) is 0.858. The van der Waals surface area contributed by atoms with E-state index in [1.165, 1.54) is 0 Å². The Labute approximate surface area is 123 Å². The summed E-state index contributed by atoms with van der Waals surface area (Å²) < 4.78 is 6.51. The molecule has 0 spiro atoms. The highest BCUT2D eigenvalue weighted by molar-refractivity contribution is 9.10. The molecule has 2 rings (SSSR count). The van der Waals surface area contributed by atoms with E-state index in [-0.39, 0.29) is 4.99 Å². The number of hydrogen-bond acceptors (Lipinski definition) is 3. The fourth-order valence-electron chi connectivity index (χ4n) is 1.36. The molecule has 0 aliphatic heterocycles. The number of hydrogen-bond donors (Lipinski definition) is 1. The Morgan fingerprint density at radius 3 is 2.78 bits per heavy atom. The molecule has 6 heteroatoms. The van der Waals surface area contributed by atoms with Crippen molar-refractivity contribution < 1.29 is 4.74 Å². The molecule has 1 aromatic heterocycles. The predicted octanol–water partition coefficient (Wildman–Crippen LogP) is 3.92. The summed E-state index contributed by atoms with van der Waals surface area (Å²) in [4.78, 5) is 4.24. The molecule has 0 atom stereocenters. The van der Waals surface area contributed by atoms with E-state index < -0.39 is 0 Å². The molecular weight excluding hydrogens is 336 g/mol. The van der Waals surface area contributed by atoms with Crippen LogP contribution in [-0.2, 0) is 0 Å². The monoisotopic (exact) mass is 342 g/mol. The predicted molar refractivity (Wildman–Crippen MR) is 79.4 cm³/mol. The lowest BCUT2D eigenvalue weighted by atomic mass is 10.2. The van der Waals surface area contributed by atoms with Crippen LogP contribution in [0, 0.1) is 0 Å². The molecule has 0 unspecified atom stereocenters. The summed E-state index contributed by atoms with van der Waals surface area (Å²) in [5.41, 5.74) is 6.23. The van der Waals surface area contributed by atoms with E-state index in [1.54, 1.807) is 36.7 Å². The van der Waals surface area contributed by atoms with Crippen LogP contribution in [0.2, 0.25) is 5.02 Å². The molecule has 18 heavy (non-hydrogen) atoms. The SMILES string of the molecule is NC(=S)c1cc(Cl)ccc1Oc1cncc(Br)c1. The van der Waals surface area contributed by atoms with Crippen molar-refractivity contribution in [3.05, 3.63) is 51.7 Å². The number of aromatic nitrogens is 1. The van der Waals surface area contributed by atoms with Crippen molar-refractivity contribution >= 4 is 44.7 Å². The van der Waals surface area contributed by atoms with E-state index in [4.69, 9.17) is 34.3 Å². The molecule has 1 aromatic carbocycles. The lowest BCUT2D eigenvalue weighted by Gasteiger charge is -2.10. The molecule has 0 saturated heterocycles. The van der Waals surface area contributed by atoms with Gasteiger partial charge in [-0.15, -0.1) is 0 Å². The number of nitrogens with zero attached hydrogens (tertiary/aromatic N) is 1. The van der Waals surface area contributed by atoms with Gasteiger partial charge in [-0.25, -0.2) is 0 Å². The lowest BCUT2D eigenvalue weighted by molar-refractivity contribution is 0.479. The van der Waals surface area contributed by atoms with E-state index in [0.29, 0.717) is 22.1 Å². The Bertz CT molecular complexity index is 606. The van der Waals surface area contributed by atoms with Crippen LogP contribution in [0.1, 0.15) is 5.56 Å². The Kier molecular flexibility index (Phi) is 4.16. The van der Waals surface area contributed by atoms with Gasteiger partial charge in [0.1, 0.15) is 16.5 Å². The zero-order valence-electron chi connectivity index (χ0n) is 9.06. The fraction of sp³-hybridized carbons (Fsp3) is 0. The van der Waals surface area contributed by atoms with E-state index in [9.17, 15) is 0 Å². The highest BCUT2D eigenvalue weighted by Gasteiger charge is 2.09. The van der Waals surface area contributed by atoms with Crippen LogP contribution in [0.25, 0.3) is 0 Å². The van der Waals surface area contributed by atoms with E-state index in [2.05, 4.69) is 20.9 Å². The summed E-state index contributed by atoms with van der Waals surface area (Å²) in [6, 6.07) is 6.90. The van der Waals surface area contributed by atoms with E-state index >= 15 is 0 Å². The van der Waals surface area contributed by atoms with Crippen molar-refractivity contribution in [3.8, 4) is 11.5 Å². The Morgan fingerprint density at radius 1 is 1.33 bits per heavy atom. The maximum Gasteiger partial charge on any atom is 0.146 e. The fourth-order valence-corrected chi connectivity index (χ4v) is 2.03. The number of nitrogens with two attached hydrogens (primary N) is 1. The van der Waals surface area contributed by atoms with Gasteiger partial charge in [0, 0.05) is 15.7 Å². The lowest BCUT2D eigenvalue weighted by Crippen LogP contribution is -2.10. The second-order valence-electron chi connectivity index (χ2n) is 3.45. The van der Waals surface area contributed by atoms with Gasteiger partial charge in [0.25, 0.3) is 0 Å². The van der Waals surface area contributed by atoms with Gasteiger partial charge in [0.15, 0.2) is 0 Å². The largest absolute Gasteiger partial charge is 0.455 e. The number of rotatable bonds is 3. The number of thiocarbonyl (C=S) groups is 1. The first-order valence-electron chi connectivity index (χ1n) is 4.94. The van der Waals surface area contributed by atoms with Gasteiger partial charge in [-0.1, -0.05) is 23.8 Å². The average Bonchev–Trinajstić information content (AvgIpc) is 2.31. The van der Waals surface area contributed by atoms with Gasteiger partial charge >= 0.3 is 0 Å². The van der Waals surface area contributed by atoms with E-state index in [0.717, 1.165) is 4.47 Å². The average molecular weight is 344 g/mol. The Morgan fingerprint density at radius 2 is 2.11 bits per heavy atom. The van der Waals surface area contributed by atoms with Crippen LogP contribution >= 0.6 is 39.7 Å². The van der Waals surface area contributed by atoms with Crippen LogP contribution in [0.15, 0.2) is 41.1 Å². The van der Waals surface area contributed by atoms with Gasteiger partial charge in [-0.2, -0.15) is 0 Å². The minimum absolute atomic E-state index is 0.232. The summed E-state index contributed by atoms with van der Waals surface area (Å²) >= 11 is 14.2. The zero-order chi connectivity index (χ0) is 13.1. The molecule has 2 aromatic rings. The summed E-state index contributed by atoms with van der Waals surface area (Å²) in [5, 5.41) is 0.553. The van der Waals surface area contributed by atoms with Crippen LogP contribution in [0.5, 0.6) is 11.5 Å². The number of ether oxygens (including phenoxy) is 1. The Balaban J connectivity index is 2.37. The standard InChI is InChI=1S/C12H8BrClN2OS/c13-7-3-9(6-16-5-7)17-11-2-1-8(14)4-10(11)12(15)18/h1-6H,(H2,15,18). The molecule has 0 aliphatic carbocycles. The number of benzene rings is 1. The minimum Gasteiger partial charge on any atom is -0.455 e. The third-order valence-electron chi connectivity index (χ3n) is 2.11. The van der Waals surface area contributed by atoms with Crippen molar-refractivity contribution in [2.24, 2.45) is 5.73 Å². The molecule has 3 nitrogen and oxygen atoms in total. The van der Waals surface area contributed by atoms with Gasteiger partial charge in [-0.05, 0) is 40.2 Å². The Hall–Kier alpha value is -1.17. The first-order chi connectivity index (χ1) is 8.56. The first-order valence-corrected chi connectivity index (χ1v) is 6.52. The molecule has 0 radical (unpaired) electrons. The highest BCUT2D eigenvalue weighted by Crippen LogP contribution is 2.28. The topological polar surface area (TPSA) is 48.1 Å². The van der Waals surface area contributed by atoms with Gasteiger partial charge in [-0.3, -0.25) is 4.98 Å². The first kappa shape index (κ1) is 13.3. The van der Waals surface area contributed by atoms with Gasteiger partial charge in [0.2, 0.25) is 0 Å². The van der Waals surface area contributed by atoms with Crippen molar-refractivity contribution in [1.82, 2.24) is 4.98 Å². The van der Waals surface area contributed by atoms with Crippen LogP contribution in [0.3, 0.4) is 0 Å². The second kappa shape index (κ2) is 5.65. The third kappa shape index (κ3) is 3.19. The molecule has 1 heterocycles. The second-order valence-corrected chi connectivity index (χ2v) is 5.24. The molecule has 0 bridgehead atoms. The van der Waals surface area contributed by atoms with Gasteiger partial charge < -0.3 is 10.5 Å². The minimum atomic E-state index is 0.232. The summed E-state index contributed by atoms with van der Waals surface area (Å²) in [6.45, 7) is 0. The number of pyridine rings is 1. The van der Waals surface area contributed by atoms with Crippen LogP contribution in [0.4, 0.5) is 0 Å². The molecule has 0 fully saturated rings. The molecular formula is C12H8BrClN2OS. The zero-order valence-corrected chi connectivity index (χ0v) is 12.2. The van der Waals surface area contributed by atoms with Crippen LogP contribution < -0.4 is 10.5 Å². The smallest absolute Gasteiger partial charge is 0.146 e. The highest BCUT2D eigenvalue weighted by atomic mass is 79.9.